The molecule has 1 aliphatic carbocycles. The predicted octanol–water partition coefficient (Wildman–Crippen LogP) is -0.0423. The molecule has 2 amide bonds. The lowest BCUT2D eigenvalue weighted by atomic mass is 9.79. The van der Waals surface area contributed by atoms with Crippen molar-refractivity contribution in [1.29, 1.82) is 0 Å². The molecule has 6 heteroatoms. The van der Waals surface area contributed by atoms with Gasteiger partial charge in [0.15, 0.2) is 6.10 Å². The second-order valence-electron chi connectivity index (χ2n) is 6.05. The molecular formula is C13H19N3O3. The summed E-state index contributed by atoms with van der Waals surface area (Å²) < 4.78 is 0. The van der Waals surface area contributed by atoms with E-state index in [4.69, 9.17) is 11.5 Å². The highest BCUT2D eigenvalue weighted by Crippen LogP contribution is 2.51. The Morgan fingerprint density at radius 3 is 2.42 bits per heavy atom. The first kappa shape index (κ1) is 13.6. The molecule has 1 aliphatic rings. The van der Waals surface area contributed by atoms with E-state index < -0.39 is 23.3 Å². The monoisotopic (exact) mass is 265 g/mol. The van der Waals surface area contributed by atoms with Crippen molar-refractivity contribution < 1.29 is 14.7 Å². The molecule has 0 saturated carbocycles. The second-order valence-corrected chi connectivity index (χ2v) is 6.05. The maximum absolute atomic E-state index is 11.7. The van der Waals surface area contributed by atoms with Crippen LogP contribution in [0.4, 0.5) is 0 Å². The Morgan fingerprint density at radius 1 is 1.37 bits per heavy atom. The van der Waals surface area contributed by atoms with Crippen molar-refractivity contribution in [3.63, 3.8) is 0 Å². The van der Waals surface area contributed by atoms with Crippen molar-refractivity contribution in [2.75, 3.05) is 0 Å². The third kappa shape index (κ3) is 1.74. The number of nitrogens with two attached hydrogens (primary N) is 2. The van der Waals surface area contributed by atoms with Crippen LogP contribution in [-0.2, 0) is 20.4 Å². The fourth-order valence-electron chi connectivity index (χ4n) is 3.25. The van der Waals surface area contributed by atoms with E-state index in [9.17, 15) is 14.7 Å². The molecular weight excluding hydrogens is 246 g/mol. The predicted molar refractivity (Wildman–Crippen MR) is 69.1 cm³/mol. The van der Waals surface area contributed by atoms with Gasteiger partial charge in [-0.3, -0.25) is 9.59 Å². The van der Waals surface area contributed by atoms with Crippen molar-refractivity contribution in [3.05, 3.63) is 23.0 Å². The minimum absolute atomic E-state index is 0.359. The van der Waals surface area contributed by atoms with E-state index in [0.717, 1.165) is 11.1 Å². The van der Waals surface area contributed by atoms with Gasteiger partial charge in [-0.05, 0) is 29.9 Å². The van der Waals surface area contributed by atoms with E-state index in [1.54, 1.807) is 13.1 Å². The highest BCUT2D eigenvalue weighted by atomic mass is 16.3. The van der Waals surface area contributed by atoms with Gasteiger partial charge in [0.25, 0.3) is 5.91 Å². The van der Waals surface area contributed by atoms with Crippen molar-refractivity contribution in [2.45, 2.75) is 44.1 Å². The van der Waals surface area contributed by atoms with Gasteiger partial charge >= 0.3 is 0 Å². The SMILES string of the molecule is CC1(C)CC(C)(C(N)=O)c2c[nH]c(C(O)C(N)=O)c21. The van der Waals surface area contributed by atoms with Gasteiger partial charge in [-0.1, -0.05) is 13.8 Å². The van der Waals surface area contributed by atoms with Gasteiger partial charge in [0, 0.05) is 6.20 Å². The van der Waals surface area contributed by atoms with Gasteiger partial charge in [-0.25, -0.2) is 0 Å². The highest BCUT2D eigenvalue weighted by molar-refractivity contribution is 5.89. The van der Waals surface area contributed by atoms with Crippen LogP contribution in [0.3, 0.4) is 0 Å². The molecule has 2 atom stereocenters. The van der Waals surface area contributed by atoms with Crippen LogP contribution < -0.4 is 11.5 Å². The van der Waals surface area contributed by atoms with Crippen LogP contribution in [0.15, 0.2) is 6.20 Å². The number of hydrogen-bond donors (Lipinski definition) is 4. The molecule has 1 aromatic heterocycles. The molecule has 1 aromatic rings. The van der Waals surface area contributed by atoms with Crippen molar-refractivity contribution in [1.82, 2.24) is 4.98 Å². The van der Waals surface area contributed by atoms with Crippen LogP contribution >= 0.6 is 0 Å². The van der Waals surface area contributed by atoms with Crippen molar-refractivity contribution in [2.24, 2.45) is 11.5 Å². The van der Waals surface area contributed by atoms with Gasteiger partial charge in [0.1, 0.15) is 0 Å². The number of aromatic amines is 1. The number of hydrogen-bond acceptors (Lipinski definition) is 3. The molecule has 0 aliphatic heterocycles. The summed E-state index contributed by atoms with van der Waals surface area (Å²) in [7, 11) is 0. The number of aromatic nitrogens is 1. The maximum atomic E-state index is 11.7. The molecule has 0 fully saturated rings. The highest BCUT2D eigenvalue weighted by Gasteiger charge is 2.51. The third-order valence-electron chi connectivity index (χ3n) is 4.06. The van der Waals surface area contributed by atoms with Crippen molar-refractivity contribution >= 4 is 11.8 Å². The maximum Gasteiger partial charge on any atom is 0.252 e. The summed E-state index contributed by atoms with van der Waals surface area (Å²) in [5.41, 5.74) is 11.3. The number of carbonyl (C=O) groups is 2. The van der Waals surface area contributed by atoms with Gasteiger partial charge in [0.05, 0.1) is 11.1 Å². The van der Waals surface area contributed by atoms with Crippen molar-refractivity contribution in [3.8, 4) is 0 Å². The van der Waals surface area contributed by atoms with Gasteiger partial charge < -0.3 is 21.6 Å². The normalized spacial score (nSPS) is 25.9. The van der Waals surface area contributed by atoms with E-state index in [0.29, 0.717) is 12.1 Å². The Kier molecular flexibility index (Phi) is 2.75. The van der Waals surface area contributed by atoms with Crippen LogP contribution in [0, 0.1) is 0 Å². The largest absolute Gasteiger partial charge is 0.377 e. The van der Waals surface area contributed by atoms with E-state index in [1.807, 2.05) is 13.8 Å². The summed E-state index contributed by atoms with van der Waals surface area (Å²) in [4.78, 5) is 25.8. The molecule has 6 N–H and O–H groups in total. The first-order chi connectivity index (χ1) is 8.61. The number of carbonyl (C=O) groups excluding carboxylic acids is 2. The number of fused-ring (bicyclic) bond motifs is 1. The van der Waals surface area contributed by atoms with E-state index >= 15 is 0 Å². The van der Waals surface area contributed by atoms with E-state index in [2.05, 4.69) is 4.98 Å². The molecule has 0 radical (unpaired) electrons. The van der Waals surface area contributed by atoms with Crippen LogP contribution in [0.5, 0.6) is 0 Å². The minimum Gasteiger partial charge on any atom is -0.377 e. The lowest BCUT2D eigenvalue weighted by Crippen LogP contribution is -2.37. The number of nitrogens with one attached hydrogen (secondary N) is 1. The minimum atomic E-state index is -1.40. The average Bonchev–Trinajstić information content (AvgIpc) is 2.78. The van der Waals surface area contributed by atoms with Crippen LogP contribution in [-0.4, -0.2) is 21.9 Å². The first-order valence-corrected chi connectivity index (χ1v) is 6.11. The summed E-state index contributed by atoms with van der Waals surface area (Å²) in [6.45, 7) is 5.67. The first-order valence-electron chi connectivity index (χ1n) is 6.11. The summed E-state index contributed by atoms with van der Waals surface area (Å²) in [6, 6.07) is 0. The number of H-pyrrole nitrogens is 1. The molecule has 2 rings (SSSR count). The standard InChI is InChI=1S/C13H19N3O3/c1-12(2)5-13(3,11(15)19)6-4-16-8(7(6)12)9(17)10(14)18/h4,9,16-17H,5H2,1-3H3,(H2,14,18)(H2,15,19). The number of aliphatic hydroxyl groups excluding tert-OH is 1. The van der Waals surface area contributed by atoms with Crippen LogP contribution in [0.1, 0.15) is 50.1 Å². The zero-order valence-electron chi connectivity index (χ0n) is 11.3. The quantitative estimate of drug-likeness (QED) is 0.613. The van der Waals surface area contributed by atoms with E-state index in [1.165, 1.54) is 0 Å². The second kappa shape index (κ2) is 3.84. The number of rotatable bonds is 3. The van der Waals surface area contributed by atoms with Gasteiger partial charge in [-0.2, -0.15) is 0 Å². The molecule has 6 nitrogen and oxygen atoms in total. The summed E-state index contributed by atoms with van der Waals surface area (Å²) in [5, 5.41) is 9.87. The fraction of sp³-hybridized carbons (Fsp3) is 0.538. The van der Waals surface area contributed by atoms with Crippen LogP contribution in [0.25, 0.3) is 0 Å². The molecule has 0 saturated heterocycles. The Labute approximate surface area is 111 Å². The molecule has 104 valence electrons. The molecule has 2 unspecified atom stereocenters. The number of primary amides is 2. The Hall–Kier alpha value is -1.82. The zero-order valence-corrected chi connectivity index (χ0v) is 11.3. The zero-order chi connectivity index (χ0) is 14.6. The molecule has 19 heavy (non-hydrogen) atoms. The molecule has 0 aromatic carbocycles. The number of aliphatic hydroxyl groups is 1. The molecule has 1 heterocycles. The summed E-state index contributed by atoms with van der Waals surface area (Å²) in [5.74, 6) is -1.24. The van der Waals surface area contributed by atoms with Crippen LogP contribution in [0.2, 0.25) is 0 Å². The topological polar surface area (TPSA) is 122 Å². The Morgan fingerprint density at radius 2 is 1.95 bits per heavy atom. The summed E-state index contributed by atoms with van der Waals surface area (Å²) in [6.07, 6.45) is 0.766. The van der Waals surface area contributed by atoms with E-state index in [-0.39, 0.29) is 5.41 Å². The van der Waals surface area contributed by atoms with Gasteiger partial charge in [0.2, 0.25) is 5.91 Å². The third-order valence-corrected chi connectivity index (χ3v) is 4.06. The smallest absolute Gasteiger partial charge is 0.252 e. The lowest BCUT2D eigenvalue weighted by Gasteiger charge is -2.25. The average molecular weight is 265 g/mol. The summed E-state index contributed by atoms with van der Waals surface area (Å²) >= 11 is 0. The fourth-order valence-corrected chi connectivity index (χ4v) is 3.25. The number of amides is 2. The Bertz CT molecular complexity index is 561. The lowest BCUT2D eigenvalue weighted by molar-refractivity contribution is -0.126. The van der Waals surface area contributed by atoms with Gasteiger partial charge in [-0.15, -0.1) is 0 Å². The Balaban J connectivity index is 2.64. The molecule has 0 spiro atoms. The molecule has 0 bridgehead atoms.